The molecule has 3 heteroatoms. The standard InChI is InChI=1S/C12H23N3/c1-12(2,3)7-9-13-8-5-11-6-10-15(4)14-11/h6,10,13H,5,7-9H2,1-4H3. The third kappa shape index (κ3) is 5.57. The zero-order valence-electron chi connectivity index (χ0n) is 10.4. The number of hydrogen-bond donors (Lipinski definition) is 1. The predicted molar refractivity (Wildman–Crippen MR) is 63.9 cm³/mol. The Balaban J connectivity index is 2.07. The molecule has 3 nitrogen and oxygen atoms in total. The molecule has 0 radical (unpaired) electrons. The van der Waals surface area contributed by atoms with Crippen LogP contribution in [0, 0.1) is 5.41 Å². The molecule has 15 heavy (non-hydrogen) atoms. The smallest absolute Gasteiger partial charge is 0.0637 e. The lowest BCUT2D eigenvalue weighted by molar-refractivity contribution is 0.367. The van der Waals surface area contributed by atoms with Crippen LogP contribution in [-0.2, 0) is 13.5 Å². The summed E-state index contributed by atoms with van der Waals surface area (Å²) in [6.45, 7) is 8.93. The van der Waals surface area contributed by atoms with Crippen molar-refractivity contribution in [1.29, 1.82) is 0 Å². The summed E-state index contributed by atoms with van der Waals surface area (Å²) < 4.78 is 1.85. The third-order valence-electron chi connectivity index (χ3n) is 2.38. The summed E-state index contributed by atoms with van der Waals surface area (Å²) in [6.07, 6.45) is 4.23. The molecule has 0 spiro atoms. The highest BCUT2D eigenvalue weighted by molar-refractivity contribution is 4.98. The molecule has 1 aromatic rings. The van der Waals surface area contributed by atoms with Gasteiger partial charge in [0.1, 0.15) is 0 Å². The maximum absolute atomic E-state index is 4.33. The van der Waals surface area contributed by atoms with Crippen LogP contribution < -0.4 is 5.32 Å². The van der Waals surface area contributed by atoms with E-state index in [9.17, 15) is 0 Å². The van der Waals surface area contributed by atoms with Crippen LogP contribution in [0.25, 0.3) is 0 Å². The first-order chi connectivity index (χ1) is 6.97. The quantitative estimate of drug-likeness (QED) is 0.752. The summed E-state index contributed by atoms with van der Waals surface area (Å²) in [6, 6.07) is 2.07. The van der Waals surface area contributed by atoms with Crippen molar-refractivity contribution in [2.24, 2.45) is 12.5 Å². The van der Waals surface area contributed by atoms with Gasteiger partial charge in [-0.3, -0.25) is 4.68 Å². The molecule has 0 aliphatic carbocycles. The van der Waals surface area contributed by atoms with E-state index in [0.29, 0.717) is 5.41 Å². The highest BCUT2D eigenvalue weighted by Crippen LogP contribution is 2.16. The average molecular weight is 209 g/mol. The molecule has 1 heterocycles. The van der Waals surface area contributed by atoms with Gasteiger partial charge in [-0.2, -0.15) is 5.10 Å². The third-order valence-corrected chi connectivity index (χ3v) is 2.38. The molecule has 0 atom stereocenters. The van der Waals surface area contributed by atoms with Crippen molar-refractivity contribution >= 4 is 0 Å². The van der Waals surface area contributed by atoms with Crippen LogP contribution in [0.1, 0.15) is 32.9 Å². The van der Waals surface area contributed by atoms with Crippen molar-refractivity contribution in [3.63, 3.8) is 0 Å². The molecular weight excluding hydrogens is 186 g/mol. The Labute approximate surface area is 92.9 Å². The van der Waals surface area contributed by atoms with E-state index in [1.54, 1.807) is 0 Å². The van der Waals surface area contributed by atoms with Crippen LogP contribution in [-0.4, -0.2) is 22.9 Å². The normalized spacial score (nSPS) is 12.0. The first-order valence-corrected chi connectivity index (χ1v) is 5.67. The molecule has 0 aromatic carbocycles. The number of aromatic nitrogens is 2. The number of nitrogens with zero attached hydrogens (tertiary/aromatic N) is 2. The first-order valence-electron chi connectivity index (χ1n) is 5.67. The van der Waals surface area contributed by atoms with Gasteiger partial charge < -0.3 is 5.32 Å². The summed E-state index contributed by atoms with van der Waals surface area (Å²) in [5.41, 5.74) is 1.60. The Morgan fingerprint density at radius 1 is 1.33 bits per heavy atom. The number of nitrogens with one attached hydrogen (secondary N) is 1. The summed E-state index contributed by atoms with van der Waals surface area (Å²) in [7, 11) is 1.95. The van der Waals surface area contributed by atoms with Gasteiger partial charge in [0.05, 0.1) is 5.69 Å². The van der Waals surface area contributed by atoms with Gasteiger partial charge in [0.15, 0.2) is 0 Å². The minimum atomic E-state index is 0.429. The van der Waals surface area contributed by atoms with E-state index in [-0.39, 0.29) is 0 Å². The van der Waals surface area contributed by atoms with Crippen LogP contribution in [0.2, 0.25) is 0 Å². The molecule has 0 amide bonds. The van der Waals surface area contributed by atoms with Crippen molar-refractivity contribution in [2.75, 3.05) is 13.1 Å². The average Bonchev–Trinajstić information content (AvgIpc) is 2.49. The maximum atomic E-state index is 4.33. The van der Waals surface area contributed by atoms with Crippen LogP contribution in [0.3, 0.4) is 0 Å². The van der Waals surface area contributed by atoms with E-state index >= 15 is 0 Å². The number of hydrogen-bond acceptors (Lipinski definition) is 2. The van der Waals surface area contributed by atoms with E-state index in [0.717, 1.165) is 19.5 Å². The topological polar surface area (TPSA) is 29.9 Å². The van der Waals surface area contributed by atoms with Crippen molar-refractivity contribution in [1.82, 2.24) is 15.1 Å². The molecule has 0 unspecified atom stereocenters. The fourth-order valence-corrected chi connectivity index (χ4v) is 1.40. The maximum Gasteiger partial charge on any atom is 0.0637 e. The van der Waals surface area contributed by atoms with Gasteiger partial charge >= 0.3 is 0 Å². The second-order valence-electron chi connectivity index (χ2n) is 5.29. The van der Waals surface area contributed by atoms with Crippen molar-refractivity contribution < 1.29 is 0 Å². The van der Waals surface area contributed by atoms with Gasteiger partial charge in [0, 0.05) is 26.2 Å². The zero-order chi connectivity index (χ0) is 11.3. The van der Waals surface area contributed by atoms with Gasteiger partial charge in [-0.1, -0.05) is 20.8 Å². The van der Waals surface area contributed by atoms with Crippen LogP contribution in [0.15, 0.2) is 12.3 Å². The fourth-order valence-electron chi connectivity index (χ4n) is 1.40. The minimum absolute atomic E-state index is 0.429. The van der Waals surface area contributed by atoms with E-state index in [1.165, 1.54) is 12.1 Å². The Morgan fingerprint density at radius 2 is 2.07 bits per heavy atom. The molecule has 1 aromatic heterocycles. The molecule has 1 rings (SSSR count). The predicted octanol–water partition coefficient (Wildman–Crippen LogP) is 1.99. The zero-order valence-corrected chi connectivity index (χ0v) is 10.4. The number of aryl methyl sites for hydroxylation is 1. The Kier molecular flexibility index (Phi) is 4.33. The van der Waals surface area contributed by atoms with Crippen LogP contribution in [0.5, 0.6) is 0 Å². The Hall–Kier alpha value is -0.830. The molecule has 0 saturated heterocycles. The van der Waals surface area contributed by atoms with E-state index in [2.05, 4.69) is 37.3 Å². The minimum Gasteiger partial charge on any atom is -0.316 e. The molecule has 0 aliphatic heterocycles. The van der Waals surface area contributed by atoms with Gasteiger partial charge in [-0.25, -0.2) is 0 Å². The van der Waals surface area contributed by atoms with E-state index in [1.807, 2.05) is 17.9 Å². The lowest BCUT2D eigenvalue weighted by atomic mass is 9.92. The summed E-state index contributed by atoms with van der Waals surface area (Å²) >= 11 is 0. The van der Waals surface area contributed by atoms with Crippen molar-refractivity contribution in [3.05, 3.63) is 18.0 Å². The number of rotatable bonds is 5. The Bertz CT molecular complexity index is 283. The molecule has 1 N–H and O–H groups in total. The molecule has 0 fully saturated rings. The summed E-state index contributed by atoms with van der Waals surface area (Å²) in [4.78, 5) is 0. The molecular formula is C12H23N3. The molecule has 86 valence electrons. The summed E-state index contributed by atoms with van der Waals surface area (Å²) in [5.74, 6) is 0. The monoisotopic (exact) mass is 209 g/mol. The highest BCUT2D eigenvalue weighted by atomic mass is 15.2. The van der Waals surface area contributed by atoms with Gasteiger partial charge in [0.25, 0.3) is 0 Å². The van der Waals surface area contributed by atoms with Crippen LogP contribution in [0.4, 0.5) is 0 Å². The highest BCUT2D eigenvalue weighted by Gasteiger charge is 2.08. The van der Waals surface area contributed by atoms with E-state index < -0.39 is 0 Å². The molecule has 0 bridgehead atoms. The van der Waals surface area contributed by atoms with Crippen molar-refractivity contribution in [3.8, 4) is 0 Å². The van der Waals surface area contributed by atoms with Gasteiger partial charge in [0.2, 0.25) is 0 Å². The molecule has 0 saturated carbocycles. The fraction of sp³-hybridized carbons (Fsp3) is 0.750. The van der Waals surface area contributed by atoms with Gasteiger partial charge in [-0.15, -0.1) is 0 Å². The second kappa shape index (κ2) is 5.31. The van der Waals surface area contributed by atoms with Gasteiger partial charge in [-0.05, 0) is 24.4 Å². The lowest BCUT2D eigenvalue weighted by Gasteiger charge is -2.17. The van der Waals surface area contributed by atoms with Crippen molar-refractivity contribution in [2.45, 2.75) is 33.6 Å². The Morgan fingerprint density at radius 3 is 2.60 bits per heavy atom. The molecule has 0 aliphatic rings. The lowest BCUT2D eigenvalue weighted by Crippen LogP contribution is -2.22. The summed E-state index contributed by atoms with van der Waals surface area (Å²) in [5, 5.41) is 7.78. The van der Waals surface area contributed by atoms with Crippen LogP contribution >= 0.6 is 0 Å². The first kappa shape index (κ1) is 12.2. The largest absolute Gasteiger partial charge is 0.316 e. The van der Waals surface area contributed by atoms with E-state index in [4.69, 9.17) is 0 Å². The second-order valence-corrected chi connectivity index (χ2v) is 5.29. The SMILES string of the molecule is Cn1ccc(CCNCCC(C)(C)C)n1.